The Morgan fingerprint density at radius 1 is 1.36 bits per heavy atom. The minimum atomic E-state index is -4.50. The molecular formula is C5H3F3O3. The Hall–Kier alpha value is -1.20. The first kappa shape index (κ1) is 7.90. The van der Waals surface area contributed by atoms with Crippen molar-refractivity contribution in [3.63, 3.8) is 0 Å². The van der Waals surface area contributed by atoms with E-state index in [1.807, 2.05) is 0 Å². The van der Waals surface area contributed by atoms with E-state index in [1.165, 1.54) is 0 Å². The summed E-state index contributed by atoms with van der Waals surface area (Å²) in [5, 5.41) is 0. The fourth-order valence-electron chi connectivity index (χ4n) is 0.428. The van der Waals surface area contributed by atoms with Crippen molar-refractivity contribution in [3.8, 4) is 0 Å². The molecule has 6 heteroatoms. The van der Waals surface area contributed by atoms with E-state index in [9.17, 15) is 18.0 Å². The summed E-state index contributed by atoms with van der Waals surface area (Å²) >= 11 is 0. The number of carbonyl (C=O) groups excluding carboxylic acids is 1. The molecule has 0 aromatic rings. The summed E-state index contributed by atoms with van der Waals surface area (Å²) in [4.78, 5) is 9.90. The van der Waals surface area contributed by atoms with E-state index in [4.69, 9.17) is 0 Å². The van der Waals surface area contributed by atoms with Gasteiger partial charge in [-0.05, 0) is 6.92 Å². The largest absolute Gasteiger partial charge is 0.524 e. The summed E-state index contributed by atoms with van der Waals surface area (Å²) in [5.74, 6) is -0.762. The lowest BCUT2D eigenvalue weighted by Gasteiger charge is -2.19. The van der Waals surface area contributed by atoms with Gasteiger partial charge in [0.25, 0.3) is 0 Å². The lowest BCUT2D eigenvalue weighted by molar-refractivity contribution is -0.109. The van der Waals surface area contributed by atoms with Gasteiger partial charge in [0.1, 0.15) is 5.57 Å². The molecule has 0 atom stereocenters. The minimum Gasteiger partial charge on any atom is -0.360 e. The molecule has 0 N–H and O–H groups in total. The summed E-state index contributed by atoms with van der Waals surface area (Å²) < 4.78 is 43.0. The van der Waals surface area contributed by atoms with Crippen molar-refractivity contribution in [3.05, 3.63) is 11.5 Å². The second-order valence-electron chi connectivity index (χ2n) is 1.86. The van der Waals surface area contributed by atoms with E-state index in [0.717, 1.165) is 6.92 Å². The van der Waals surface area contributed by atoms with Crippen molar-refractivity contribution in [2.45, 2.75) is 13.1 Å². The number of cyclic esters (lactones) is 2. The number of allylic oxidation sites excluding steroid dienone is 1. The highest BCUT2D eigenvalue weighted by Gasteiger charge is 2.40. The van der Waals surface area contributed by atoms with E-state index in [2.05, 4.69) is 9.47 Å². The molecule has 0 unspecified atom stereocenters. The van der Waals surface area contributed by atoms with Crippen molar-refractivity contribution in [2.75, 3.05) is 0 Å². The molecule has 0 aromatic carbocycles. The van der Waals surface area contributed by atoms with Crippen molar-refractivity contribution >= 4 is 6.16 Å². The second kappa shape index (κ2) is 2.14. The zero-order valence-electron chi connectivity index (χ0n) is 5.36. The zero-order valence-corrected chi connectivity index (χ0v) is 5.36. The van der Waals surface area contributed by atoms with Gasteiger partial charge in [-0.25, -0.2) is 4.79 Å². The Balaban J connectivity index is 2.75. The van der Waals surface area contributed by atoms with Crippen LogP contribution < -0.4 is 0 Å². The molecule has 1 heterocycles. The molecule has 3 nitrogen and oxygen atoms in total. The van der Waals surface area contributed by atoms with E-state index in [-0.39, 0.29) is 0 Å². The van der Waals surface area contributed by atoms with Crippen LogP contribution in [0.15, 0.2) is 11.5 Å². The third-order valence-corrected chi connectivity index (χ3v) is 1.08. The molecule has 0 radical (unpaired) electrons. The quantitative estimate of drug-likeness (QED) is 0.518. The van der Waals surface area contributed by atoms with Gasteiger partial charge in [-0.1, -0.05) is 0 Å². The van der Waals surface area contributed by atoms with Gasteiger partial charge in [-0.3, -0.25) is 0 Å². The zero-order chi connectivity index (χ0) is 8.65. The van der Waals surface area contributed by atoms with Crippen LogP contribution in [0.1, 0.15) is 6.92 Å². The molecule has 1 fully saturated rings. The van der Waals surface area contributed by atoms with Crippen LogP contribution in [-0.4, -0.2) is 12.3 Å². The smallest absolute Gasteiger partial charge is 0.360 e. The molecule has 62 valence electrons. The third kappa shape index (κ3) is 1.44. The van der Waals surface area contributed by atoms with Crippen LogP contribution in [0.2, 0.25) is 0 Å². The average molecular weight is 168 g/mol. The molecule has 0 bridgehead atoms. The Bertz CT molecular complexity index is 218. The van der Waals surface area contributed by atoms with Crippen LogP contribution in [0.3, 0.4) is 0 Å². The molecule has 11 heavy (non-hydrogen) atoms. The molecule has 1 aliphatic rings. The second-order valence-corrected chi connectivity index (χ2v) is 1.86. The number of hydrogen-bond donors (Lipinski definition) is 0. The highest BCUT2D eigenvalue weighted by Crippen LogP contribution is 2.31. The molecule has 0 aromatic heterocycles. The lowest BCUT2D eigenvalue weighted by Crippen LogP contribution is -2.25. The molecular weight excluding hydrogens is 165 g/mol. The molecule has 0 amide bonds. The van der Waals surface area contributed by atoms with Crippen LogP contribution in [-0.2, 0) is 9.47 Å². The maximum Gasteiger partial charge on any atom is 0.524 e. The van der Waals surface area contributed by atoms with Crippen molar-refractivity contribution < 1.29 is 27.4 Å². The van der Waals surface area contributed by atoms with Crippen LogP contribution in [0.5, 0.6) is 0 Å². The number of carbonyl (C=O) groups is 1. The van der Waals surface area contributed by atoms with Crippen molar-refractivity contribution in [2.24, 2.45) is 0 Å². The maximum atomic E-state index is 11.7. The first-order valence-corrected chi connectivity index (χ1v) is 2.59. The third-order valence-electron chi connectivity index (χ3n) is 1.08. The number of rotatable bonds is 0. The fraction of sp³-hybridized carbons (Fsp3) is 0.400. The number of ether oxygens (including phenoxy) is 2. The highest BCUT2D eigenvalue weighted by atomic mass is 19.4. The van der Waals surface area contributed by atoms with E-state index in [1.54, 1.807) is 0 Å². The molecule has 0 spiro atoms. The highest BCUT2D eigenvalue weighted by molar-refractivity contribution is 5.68. The Labute approximate surface area is 59.4 Å². The van der Waals surface area contributed by atoms with Crippen LogP contribution >= 0.6 is 0 Å². The van der Waals surface area contributed by atoms with E-state index in [0.29, 0.717) is 0 Å². The molecule has 0 aliphatic carbocycles. The van der Waals surface area contributed by atoms with Gasteiger partial charge in [-0.15, -0.1) is 0 Å². The summed E-state index contributed by atoms with van der Waals surface area (Å²) in [6.45, 7) is 0.766. The predicted octanol–water partition coefficient (Wildman–Crippen LogP) is 1.95. The SMILES string of the molecule is CC(=C1OC(=O)O1)C(F)(F)F. The van der Waals surface area contributed by atoms with Crippen LogP contribution in [0, 0.1) is 0 Å². The van der Waals surface area contributed by atoms with Crippen molar-refractivity contribution in [1.29, 1.82) is 0 Å². The molecule has 1 rings (SSSR count). The lowest BCUT2D eigenvalue weighted by atomic mass is 10.3. The molecule has 0 saturated carbocycles. The number of hydrogen-bond acceptors (Lipinski definition) is 3. The summed E-state index contributed by atoms with van der Waals surface area (Å²) in [6.07, 6.45) is -5.61. The maximum absolute atomic E-state index is 11.7. The van der Waals surface area contributed by atoms with E-state index < -0.39 is 23.8 Å². The Morgan fingerprint density at radius 3 is 2.09 bits per heavy atom. The van der Waals surface area contributed by atoms with Crippen LogP contribution in [0.25, 0.3) is 0 Å². The topological polar surface area (TPSA) is 35.5 Å². The summed E-state index contributed by atoms with van der Waals surface area (Å²) in [7, 11) is 0. The van der Waals surface area contributed by atoms with Crippen molar-refractivity contribution in [1.82, 2.24) is 0 Å². The normalized spacial score (nSPS) is 16.7. The van der Waals surface area contributed by atoms with Gasteiger partial charge in [0.2, 0.25) is 0 Å². The van der Waals surface area contributed by atoms with Gasteiger partial charge < -0.3 is 9.47 Å². The van der Waals surface area contributed by atoms with Gasteiger partial charge in [0.15, 0.2) is 0 Å². The van der Waals surface area contributed by atoms with Crippen LogP contribution in [0.4, 0.5) is 18.0 Å². The van der Waals surface area contributed by atoms with Gasteiger partial charge in [0, 0.05) is 0 Å². The Kier molecular flexibility index (Phi) is 1.54. The molecule has 1 saturated heterocycles. The molecule has 1 aliphatic heterocycles. The number of alkyl halides is 3. The summed E-state index contributed by atoms with van der Waals surface area (Å²) in [6, 6.07) is 0. The first-order chi connectivity index (χ1) is 4.91. The fourth-order valence-corrected chi connectivity index (χ4v) is 0.428. The summed E-state index contributed by atoms with van der Waals surface area (Å²) in [5.41, 5.74) is -1.04. The minimum absolute atomic E-state index is 0.762. The van der Waals surface area contributed by atoms with Gasteiger partial charge in [-0.2, -0.15) is 13.2 Å². The first-order valence-electron chi connectivity index (χ1n) is 2.59. The standard InChI is InChI=1S/C5H3F3O3/c1-2(5(6,7)8)3-10-4(9)11-3/h1H3. The van der Waals surface area contributed by atoms with Gasteiger partial charge >= 0.3 is 18.3 Å². The number of halogens is 3. The average Bonchev–Trinajstić information content (AvgIpc) is 1.77. The van der Waals surface area contributed by atoms with E-state index >= 15 is 0 Å². The predicted molar refractivity (Wildman–Crippen MR) is 26.3 cm³/mol. The monoisotopic (exact) mass is 168 g/mol. The van der Waals surface area contributed by atoms with Gasteiger partial charge in [0.05, 0.1) is 0 Å². The Morgan fingerprint density at radius 2 is 1.82 bits per heavy atom.